The van der Waals surface area contributed by atoms with Crippen LogP contribution in [0.5, 0.6) is 0 Å². The average Bonchev–Trinajstić information content (AvgIpc) is 3.56. The number of hydrogen-bond donors (Lipinski definition) is 1. The van der Waals surface area contributed by atoms with Gasteiger partial charge in [0.05, 0.1) is 18.1 Å². The van der Waals surface area contributed by atoms with Gasteiger partial charge in [-0.2, -0.15) is 0 Å². The summed E-state index contributed by atoms with van der Waals surface area (Å²) in [6.07, 6.45) is 2.22. The predicted octanol–water partition coefficient (Wildman–Crippen LogP) is 3.61. The highest BCUT2D eigenvalue weighted by Crippen LogP contribution is 2.79. The molecule has 1 spiro atoms. The number of furan rings is 1. The lowest BCUT2D eigenvalue weighted by atomic mass is 9.44. The van der Waals surface area contributed by atoms with Crippen molar-refractivity contribution in [2.24, 2.45) is 22.2 Å². The number of aliphatic hydroxyl groups is 1. The fourth-order valence-corrected chi connectivity index (χ4v) is 7.74. The lowest BCUT2D eigenvalue weighted by Gasteiger charge is -2.61. The van der Waals surface area contributed by atoms with E-state index >= 15 is 0 Å². The standard InChI is InChI=1S/C27H34O9/c1-7-14(2)21(29)35-19-15(3)26(12-18(34-23(26)31)17-8-11-32-13-17)27-10-9-24(5,22(30)36-27)25(27,6)20(19)33-16(4)28/h7-8,11,13,15,18-20,22,30H,9-10,12H2,1-6H3. The summed E-state index contributed by atoms with van der Waals surface area (Å²) in [7, 11) is 0. The van der Waals surface area contributed by atoms with Crippen molar-refractivity contribution >= 4 is 17.9 Å². The molecule has 1 N–H and O–H groups in total. The van der Waals surface area contributed by atoms with E-state index in [0.29, 0.717) is 24.0 Å². The molecule has 5 rings (SSSR count). The number of allylic oxidation sites excluding steroid dienone is 1. The third-order valence-corrected chi connectivity index (χ3v) is 10.1. The number of carbonyl (C=O) groups excluding carboxylic acids is 3. The molecule has 0 radical (unpaired) electrons. The molecule has 4 fully saturated rings. The SMILES string of the molecule is CC=C(C)C(=O)OC1C(C)C2(CC(c3ccoc3)OC2=O)C23CCC(C)(C(O)O2)C3(C)C1OC(C)=O. The van der Waals surface area contributed by atoms with Gasteiger partial charge in [-0.05, 0) is 32.8 Å². The minimum absolute atomic E-state index is 0.244. The van der Waals surface area contributed by atoms with Crippen LogP contribution in [0.1, 0.15) is 72.5 Å². The molecule has 2 saturated heterocycles. The Morgan fingerprint density at radius 1 is 1.19 bits per heavy atom. The molecule has 9 atom stereocenters. The van der Waals surface area contributed by atoms with E-state index in [1.807, 2.05) is 20.8 Å². The molecule has 3 heterocycles. The van der Waals surface area contributed by atoms with E-state index < -0.39 is 70.3 Å². The molecule has 2 aliphatic heterocycles. The van der Waals surface area contributed by atoms with Crippen LogP contribution in [0, 0.1) is 22.2 Å². The van der Waals surface area contributed by atoms with Crippen LogP contribution in [0.25, 0.3) is 0 Å². The van der Waals surface area contributed by atoms with Crippen LogP contribution in [0.15, 0.2) is 34.7 Å². The molecule has 1 aromatic heterocycles. The van der Waals surface area contributed by atoms with E-state index in [9.17, 15) is 19.5 Å². The minimum atomic E-state index is -1.27. The largest absolute Gasteiger partial charge is 0.472 e. The van der Waals surface area contributed by atoms with Crippen LogP contribution in [0.4, 0.5) is 0 Å². The minimum Gasteiger partial charge on any atom is -0.472 e. The fourth-order valence-electron chi connectivity index (χ4n) is 7.74. The topological polar surface area (TPSA) is 122 Å². The second kappa shape index (κ2) is 7.92. The van der Waals surface area contributed by atoms with Gasteiger partial charge in [-0.15, -0.1) is 0 Å². The van der Waals surface area contributed by atoms with Gasteiger partial charge in [0.1, 0.15) is 23.7 Å². The Labute approximate surface area is 210 Å². The first-order valence-electron chi connectivity index (χ1n) is 12.5. The molecule has 2 saturated carbocycles. The second-order valence-corrected chi connectivity index (χ2v) is 11.2. The Hall–Kier alpha value is -2.65. The molecule has 0 aromatic carbocycles. The zero-order chi connectivity index (χ0) is 26.3. The highest BCUT2D eigenvalue weighted by molar-refractivity contribution is 5.88. The summed E-state index contributed by atoms with van der Waals surface area (Å²) >= 11 is 0. The molecule has 36 heavy (non-hydrogen) atoms. The summed E-state index contributed by atoms with van der Waals surface area (Å²) in [6.45, 7) is 10.3. The lowest BCUT2D eigenvalue weighted by molar-refractivity contribution is -0.281. The maximum absolute atomic E-state index is 14.0. The lowest BCUT2D eigenvalue weighted by Crippen LogP contribution is -2.73. The van der Waals surface area contributed by atoms with Gasteiger partial charge in [-0.1, -0.05) is 26.8 Å². The van der Waals surface area contributed by atoms with Gasteiger partial charge in [0.2, 0.25) is 0 Å². The van der Waals surface area contributed by atoms with E-state index in [0.717, 1.165) is 0 Å². The molecule has 9 unspecified atom stereocenters. The Morgan fingerprint density at radius 3 is 2.50 bits per heavy atom. The molecule has 9 nitrogen and oxygen atoms in total. The number of carbonyl (C=O) groups is 3. The van der Waals surface area contributed by atoms with Crippen molar-refractivity contribution in [1.82, 2.24) is 0 Å². The molecule has 9 heteroatoms. The van der Waals surface area contributed by atoms with Gasteiger partial charge < -0.3 is 28.5 Å². The van der Waals surface area contributed by atoms with Crippen LogP contribution in [0.2, 0.25) is 0 Å². The zero-order valence-electron chi connectivity index (χ0n) is 21.5. The molecule has 1 aromatic rings. The summed E-state index contributed by atoms with van der Waals surface area (Å²) < 4.78 is 29.6. The summed E-state index contributed by atoms with van der Waals surface area (Å²) in [5.41, 5.74) is -3.30. The zero-order valence-corrected chi connectivity index (χ0v) is 21.5. The number of cyclic esters (lactones) is 1. The summed E-state index contributed by atoms with van der Waals surface area (Å²) in [4.78, 5) is 39.4. The number of hydrogen-bond acceptors (Lipinski definition) is 9. The normalized spacial score (nSPS) is 45.5. The molecule has 0 amide bonds. The van der Waals surface area contributed by atoms with E-state index in [1.165, 1.54) is 13.2 Å². The Balaban J connectivity index is 1.72. The molecule has 196 valence electrons. The Bertz CT molecular complexity index is 1120. The third-order valence-electron chi connectivity index (χ3n) is 10.1. The van der Waals surface area contributed by atoms with Gasteiger partial charge in [-0.3, -0.25) is 9.59 Å². The van der Waals surface area contributed by atoms with Crippen molar-refractivity contribution in [2.45, 2.75) is 91.0 Å². The van der Waals surface area contributed by atoms with E-state index in [4.69, 9.17) is 23.4 Å². The van der Waals surface area contributed by atoms with Crippen LogP contribution in [0.3, 0.4) is 0 Å². The van der Waals surface area contributed by atoms with Gasteiger partial charge in [0, 0.05) is 41.2 Å². The average molecular weight is 503 g/mol. The molecular formula is C27H34O9. The van der Waals surface area contributed by atoms with Gasteiger partial charge in [-0.25, -0.2) is 4.79 Å². The van der Waals surface area contributed by atoms with Crippen molar-refractivity contribution in [3.8, 4) is 0 Å². The third kappa shape index (κ3) is 2.76. The highest BCUT2D eigenvalue weighted by Gasteiger charge is 2.89. The Morgan fingerprint density at radius 2 is 1.92 bits per heavy atom. The number of ether oxygens (including phenoxy) is 4. The number of aliphatic hydroxyl groups excluding tert-OH is 1. The van der Waals surface area contributed by atoms with E-state index in [2.05, 4.69) is 0 Å². The van der Waals surface area contributed by atoms with Crippen molar-refractivity contribution in [2.75, 3.05) is 0 Å². The van der Waals surface area contributed by atoms with Crippen molar-refractivity contribution < 1.29 is 42.9 Å². The summed E-state index contributed by atoms with van der Waals surface area (Å²) in [5.74, 6) is -2.23. The fraction of sp³-hybridized carbons (Fsp3) is 0.667. The number of rotatable bonds is 4. The van der Waals surface area contributed by atoms with Crippen molar-refractivity contribution in [3.05, 3.63) is 35.8 Å². The maximum Gasteiger partial charge on any atom is 0.333 e. The smallest absolute Gasteiger partial charge is 0.333 e. The van der Waals surface area contributed by atoms with Crippen LogP contribution < -0.4 is 0 Å². The van der Waals surface area contributed by atoms with Gasteiger partial charge in [0.15, 0.2) is 6.29 Å². The van der Waals surface area contributed by atoms with Gasteiger partial charge in [0.25, 0.3) is 0 Å². The first kappa shape index (κ1) is 25.0. The molecular weight excluding hydrogens is 468 g/mol. The van der Waals surface area contributed by atoms with Gasteiger partial charge >= 0.3 is 17.9 Å². The Kier molecular flexibility index (Phi) is 5.51. The first-order chi connectivity index (χ1) is 16.9. The molecule has 4 aliphatic rings. The van der Waals surface area contributed by atoms with Crippen molar-refractivity contribution in [3.63, 3.8) is 0 Å². The quantitative estimate of drug-likeness (QED) is 0.374. The second-order valence-electron chi connectivity index (χ2n) is 11.2. The first-order valence-corrected chi connectivity index (χ1v) is 12.5. The summed E-state index contributed by atoms with van der Waals surface area (Å²) in [6, 6.07) is 1.75. The molecule has 2 aliphatic carbocycles. The highest BCUT2D eigenvalue weighted by atomic mass is 16.6. The van der Waals surface area contributed by atoms with Crippen LogP contribution in [-0.2, 0) is 33.3 Å². The van der Waals surface area contributed by atoms with E-state index in [1.54, 1.807) is 32.3 Å². The summed E-state index contributed by atoms with van der Waals surface area (Å²) in [5, 5.41) is 11.2. The van der Waals surface area contributed by atoms with E-state index in [-0.39, 0.29) is 6.42 Å². The monoisotopic (exact) mass is 502 g/mol. The predicted molar refractivity (Wildman–Crippen MR) is 124 cm³/mol. The molecule has 2 bridgehead atoms. The van der Waals surface area contributed by atoms with Crippen LogP contribution in [-0.4, -0.2) is 47.1 Å². The maximum atomic E-state index is 14.0. The van der Waals surface area contributed by atoms with Crippen LogP contribution >= 0.6 is 0 Å². The van der Waals surface area contributed by atoms with Crippen molar-refractivity contribution in [1.29, 1.82) is 0 Å². The number of esters is 3.